The standard InChI is InChI=1S/C14H11FN2O4/c1-8-2-4-9(5-3-8)16-12-6-10(14(18)19)11(15)7-13(12)17(20)21/h2-7,16H,1H3,(H,18,19). The Bertz CT molecular complexity index is 714. The summed E-state index contributed by atoms with van der Waals surface area (Å²) < 4.78 is 13.5. The lowest BCUT2D eigenvalue weighted by Gasteiger charge is -2.09. The van der Waals surface area contributed by atoms with Crippen LogP contribution in [0.25, 0.3) is 0 Å². The second kappa shape index (κ2) is 5.58. The van der Waals surface area contributed by atoms with Crippen molar-refractivity contribution in [3.63, 3.8) is 0 Å². The quantitative estimate of drug-likeness (QED) is 0.664. The summed E-state index contributed by atoms with van der Waals surface area (Å²) >= 11 is 0. The first kappa shape index (κ1) is 14.4. The van der Waals surface area contributed by atoms with Crippen molar-refractivity contribution in [3.8, 4) is 0 Å². The van der Waals surface area contributed by atoms with E-state index in [4.69, 9.17) is 5.11 Å². The summed E-state index contributed by atoms with van der Waals surface area (Å²) in [5, 5.41) is 22.6. The van der Waals surface area contributed by atoms with Crippen LogP contribution >= 0.6 is 0 Å². The van der Waals surface area contributed by atoms with Gasteiger partial charge in [-0.2, -0.15) is 0 Å². The summed E-state index contributed by atoms with van der Waals surface area (Å²) in [6.07, 6.45) is 0. The fraction of sp³-hybridized carbons (Fsp3) is 0.0714. The minimum Gasteiger partial charge on any atom is -0.478 e. The van der Waals surface area contributed by atoms with Crippen LogP contribution in [0.3, 0.4) is 0 Å². The Balaban J connectivity index is 2.49. The highest BCUT2D eigenvalue weighted by atomic mass is 19.1. The van der Waals surface area contributed by atoms with Gasteiger partial charge in [0.25, 0.3) is 5.69 Å². The van der Waals surface area contributed by atoms with E-state index in [0.717, 1.165) is 11.6 Å². The van der Waals surface area contributed by atoms with E-state index < -0.39 is 28.0 Å². The molecular formula is C14H11FN2O4. The van der Waals surface area contributed by atoms with Crippen molar-refractivity contribution in [1.82, 2.24) is 0 Å². The van der Waals surface area contributed by atoms with Gasteiger partial charge in [0.2, 0.25) is 0 Å². The number of nitrogens with zero attached hydrogens (tertiary/aromatic N) is 1. The van der Waals surface area contributed by atoms with Crippen LogP contribution in [0.2, 0.25) is 0 Å². The maximum Gasteiger partial charge on any atom is 0.338 e. The van der Waals surface area contributed by atoms with Crippen molar-refractivity contribution in [1.29, 1.82) is 0 Å². The van der Waals surface area contributed by atoms with Crippen molar-refractivity contribution < 1.29 is 19.2 Å². The fourth-order valence-corrected chi connectivity index (χ4v) is 1.77. The molecule has 0 saturated carbocycles. The molecule has 0 amide bonds. The van der Waals surface area contributed by atoms with E-state index in [0.29, 0.717) is 11.8 Å². The molecule has 0 radical (unpaired) electrons. The number of nitro benzene ring substituents is 1. The molecule has 6 nitrogen and oxygen atoms in total. The molecule has 0 fully saturated rings. The molecule has 0 unspecified atom stereocenters. The summed E-state index contributed by atoms with van der Waals surface area (Å²) in [7, 11) is 0. The highest BCUT2D eigenvalue weighted by Crippen LogP contribution is 2.30. The van der Waals surface area contributed by atoms with Crippen LogP contribution in [0.5, 0.6) is 0 Å². The molecule has 0 atom stereocenters. The van der Waals surface area contributed by atoms with E-state index in [1.807, 2.05) is 6.92 Å². The minimum absolute atomic E-state index is 0.0809. The third-order valence-electron chi connectivity index (χ3n) is 2.84. The molecular weight excluding hydrogens is 279 g/mol. The highest BCUT2D eigenvalue weighted by molar-refractivity contribution is 5.91. The number of carbonyl (C=O) groups is 1. The van der Waals surface area contributed by atoms with Crippen LogP contribution in [0.1, 0.15) is 15.9 Å². The number of carboxylic acid groups (broad SMARTS) is 1. The zero-order valence-corrected chi connectivity index (χ0v) is 11.0. The molecule has 108 valence electrons. The van der Waals surface area contributed by atoms with Crippen molar-refractivity contribution in [2.45, 2.75) is 6.92 Å². The van der Waals surface area contributed by atoms with E-state index in [-0.39, 0.29) is 5.69 Å². The third kappa shape index (κ3) is 3.14. The largest absolute Gasteiger partial charge is 0.478 e. The van der Waals surface area contributed by atoms with Gasteiger partial charge in [-0.15, -0.1) is 0 Å². The Morgan fingerprint density at radius 1 is 1.29 bits per heavy atom. The number of nitro groups is 1. The number of aromatic carboxylic acids is 1. The molecule has 0 heterocycles. The van der Waals surface area contributed by atoms with Gasteiger partial charge < -0.3 is 10.4 Å². The predicted molar refractivity (Wildman–Crippen MR) is 74.5 cm³/mol. The highest BCUT2D eigenvalue weighted by Gasteiger charge is 2.21. The summed E-state index contributed by atoms with van der Waals surface area (Å²) in [5.41, 5.74) is 0.294. The lowest BCUT2D eigenvalue weighted by Crippen LogP contribution is -2.05. The van der Waals surface area contributed by atoms with Gasteiger partial charge in [-0.3, -0.25) is 10.1 Å². The van der Waals surface area contributed by atoms with Crippen molar-refractivity contribution in [2.24, 2.45) is 0 Å². The number of carboxylic acids is 1. The predicted octanol–water partition coefficient (Wildman–Crippen LogP) is 3.48. The van der Waals surface area contributed by atoms with Gasteiger partial charge in [-0.05, 0) is 25.1 Å². The summed E-state index contributed by atoms with van der Waals surface area (Å²) in [4.78, 5) is 21.1. The lowest BCUT2D eigenvalue weighted by molar-refractivity contribution is -0.384. The van der Waals surface area contributed by atoms with Crippen molar-refractivity contribution >= 4 is 23.0 Å². The van der Waals surface area contributed by atoms with Crippen LogP contribution in [0.4, 0.5) is 21.5 Å². The maximum absolute atomic E-state index is 13.5. The zero-order valence-electron chi connectivity index (χ0n) is 11.0. The van der Waals surface area contributed by atoms with Crippen LogP contribution in [-0.2, 0) is 0 Å². The average Bonchev–Trinajstić information content (AvgIpc) is 2.42. The Kier molecular flexibility index (Phi) is 3.84. The summed E-state index contributed by atoms with van der Waals surface area (Å²) in [6.45, 7) is 1.88. The van der Waals surface area contributed by atoms with Gasteiger partial charge in [-0.1, -0.05) is 17.7 Å². The molecule has 0 bridgehead atoms. The van der Waals surface area contributed by atoms with Gasteiger partial charge in [-0.25, -0.2) is 9.18 Å². The third-order valence-corrected chi connectivity index (χ3v) is 2.84. The summed E-state index contributed by atoms with van der Waals surface area (Å²) in [6, 6.07) is 8.45. The van der Waals surface area contributed by atoms with E-state index >= 15 is 0 Å². The number of benzene rings is 2. The normalized spacial score (nSPS) is 10.2. The number of aryl methyl sites for hydroxylation is 1. The molecule has 2 rings (SSSR count). The maximum atomic E-state index is 13.5. The van der Waals surface area contributed by atoms with E-state index in [2.05, 4.69) is 5.32 Å². The van der Waals surface area contributed by atoms with Gasteiger partial charge in [0, 0.05) is 5.69 Å². The molecule has 2 aromatic carbocycles. The lowest BCUT2D eigenvalue weighted by atomic mass is 10.1. The molecule has 0 aromatic heterocycles. The Labute approximate surface area is 119 Å². The number of hydrogen-bond acceptors (Lipinski definition) is 4. The average molecular weight is 290 g/mol. The zero-order chi connectivity index (χ0) is 15.6. The monoisotopic (exact) mass is 290 g/mol. The Hall–Kier alpha value is -2.96. The van der Waals surface area contributed by atoms with Crippen LogP contribution in [0, 0.1) is 22.9 Å². The first-order chi connectivity index (χ1) is 9.88. The van der Waals surface area contributed by atoms with E-state index in [9.17, 15) is 19.3 Å². The molecule has 2 aromatic rings. The van der Waals surface area contributed by atoms with Gasteiger partial charge >= 0.3 is 5.97 Å². The molecule has 21 heavy (non-hydrogen) atoms. The Morgan fingerprint density at radius 2 is 1.90 bits per heavy atom. The van der Waals surface area contributed by atoms with Crippen molar-refractivity contribution in [2.75, 3.05) is 5.32 Å². The Morgan fingerprint density at radius 3 is 2.43 bits per heavy atom. The van der Waals surface area contributed by atoms with E-state index in [1.54, 1.807) is 24.3 Å². The first-order valence-electron chi connectivity index (χ1n) is 5.93. The number of hydrogen-bond donors (Lipinski definition) is 2. The van der Waals surface area contributed by atoms with Crippen LogP contribution in [0.15, 0.2) is 36.4 Å². The molecule has 0 spiro atoms. The molecule has 0 aliphatic heterocycles. The smallest absolute Gasteiger partial charge is 0.338 e. The molecule has 0 saturated heterocycles. The fourth-order valence-electron chi connectivity index (χ4n) is 1.77. The molecule has 2 N–H and O–H groups in total. The van der Waals surface area contributed by atoms with Gasteiger partial charge in [0.1, 0.15) is 11.5 Å². The molecule has 7 heteroatoms. The van der Waals surface area contributed by atoms with E-state index in [1.165, 1.54) is 0 Å². The van der Waals surface area contributed by atoms with Crippen LogP contribution in [-0.4, -0.2) is 16.0 Å². The van der Waals surface area contributed by atoms with Gasteiger partial charge in [0.15, 0.2) is 0 Å². The minimum atomic E-state index is -1.49. The first-order valence-corrected chi connectivity index (χ1v) is 5.93. The number of anilines is 2. The SMILES string of the molecule is Cc1ccc(Nc2cc(C(=O)O)c(F)cc2[N+](=O)[O-])cc1. The number of halogens is 1. The van der Waals surface area contributed by atoms with Gasteiger partial charge in [0.05, 0.1) is 16.6 Å². The van der Waals surface area contributed by atoms with Crippen molar-refractivity contribution in [3.05, 3.63) is 63.5 Å². The topological polar surface area (TPSA) is 92.5 Å². The molecule has 0 aliphatic rings. The van der Waals surface area contributed by atoms with Crippen LogP contribution < -0.4 is 5.32 Å². The summed E-state index contributed by atoms with van der Waals surface area (Å²) in [5.74, 6) is -2.64. The second-order valence-electron chi connectivity index (χ2n) is 4.40. The molecule has 0 aliphatic carbocycles. The number of rotatable bonds is 4. The number of nitrogens with one attached hydrogen (secondary N) is 1. The second-order valence-corrected chi connectivity index (χ2v) is 4.40.